The summed E-state index contributed by atoms with van der Waals surface area (Å²) in [4.78, 5) is 16.2. The van der Waals surface area contributed by atoms with Crippen LogP contribution >= 0.6 is 0 Å². The van der Waals surface area contributed by atoms with Gasteiger partial charge in [-0.25, -0.2) is 27.7 Å². The van der Waals surface area contributed by atoms with Crippen molar-refractivity contribution in [2.24, 2.45) is 5.92 Å². The second-order valence-corrected chi connectivity index (χ2v) is 14.3. The maximum atomic E-state index is 12.7. The van der Waals surface area contributed by atoms with Crippen molar-refractivity contribution in [3.05, 3.63) is 47.6 Å². The smallest absolute Gasteiger partial charge is 0.225 e. The Morgan fingerprint density at radius 3 is 2.40 bits per heavy atom. The number of piperidine rings is 2. The monoisotopic (exact) mass is 569 g/mol. The van der Waals surface area contributed by atoms with Gasteiger partial charge in [0.25, 0.3) is 0 Å². The molecular formula is C30H43N5O4S. The van der Waals surface area contributed by atoms with Crippen molar-refractivity contribution in [1.82, 2.24) is 19.3 Å². The highest BCUT2D eigenvalue weighted by Gasteiger charge is 2.30. The molecule has 2 aliphatic heterocycles. The van der Waals surface area contributed by atoms with Crippen LogP contribution in [0.25, 0.3) is 11.1 Å². The van der Waals surface area contributed by atoms with Crippen LogP contribution in [-0.4, -0.2) is 70.3 Å². The fourth-order valence-electron chi connectivity index (χ4n) is 5.82. The fraction of sp³-hybridized carbons (Fsp3) is 0.633. The van der Waals surface area contributed by atoms with Crippen LogP contribution in [0.4, 0.5) is 5.95 Å². The van der Waals surface area contributed by atoms with E-state index in [2.05, 4.69) is 33.9 Å². The van der Waals surface area contributed by atoms with Gasteiger partial charge in [0.1, 0.15) is 5.52 Å². The van der Waals surface area contributed by atoms with Crippen molar-refractivity contribution in [3.8, 4) is 0 Å². The highest BCUT2D eigenvalue weighted by atomic mass is 32.2. The number of aromatic nitrogens is 3. The number of anilines is 1. The number of hydrogen-bond acceptors (Lipinski definition) is 8. The molecule has 4 heterocycles. The van der Waals surface area contributed by atoms with E-state index < -0.39 is 15.6 Å². The van der Waals surface area contributed by atoms with Gasteiger partial charge in [0.15, 0.2) is 11.5 Å². The Morgan fingerprint density at radius 2 is 1.75 bits per heavy atom. The first-order chi connectivity index (χ1) is 19.1. The predicted octanol–water partition coefficient (Wildman–Crippen LogP) is 4.70. The molecule has 0 saturated carbocycles. The largest absolute Gasteiger partial charge is 0.441 e. The van der Waals surface area contributed by atoms with E-state index in [9.17, 15) is 13.5 Å². The molecule has 5 rings (SSSR count). The number of nitrogens with zero attached hydrogens (tertiary/aromatic N) is 5. The van der Waals surface area contributed by atoms with E-state index in [1.54, 1.807) is 18.2 Å². The van der Waals surface area contributed by atoms with E-state index in [1.165, 1.54) is 11.1 Å². The van der Waals surface area contributed by atoms with Crippen molar-refractivity contribution in [2.45, 2.75) is 83.7 Å². The van der Waals surface area contributed by atoms with Crippen molar-refractivity contribution in [3.63, 3.8) is 0 Å². The minimum atomic E-state index is -3.36. The maximum Gasteiger partial charge on any atom is 0.225 e. The minimum absolute atomic E-state index is 0.0209. The van der Waals surface area contributed by atoms with Gasteiger partial charge in [-0.2, -0.15) is 0 Å². The van der Waals surface area contributed by atoms with E-state index >= 15 is 0 Å². The van der Waals surface area contributed by atoms with Crippen molar-refractivity contribution < 1.29 is 17.9 Å². The van der Waals surface area contributed by atoms with E-state index in [-0.39, 0.29) is 12.2 Å². The molecule has 40 heavy (non-hydrogen) atoms. The van der Waals surface area contributed by atoms with Crippen LogP contribution in [0.2, 0.25) is 0 Å². The van der Waals surface area contributed by atoms with Crippen LogP contribution in [0.1, 0.15) is 82.2 Å². The summed E-state index contributed by atoms with van der Waals surface area (Å²) in [7, 11) is -3.36. The summed E-state index contributed by atoms with van der Waals surface area (Å²) >= 11 is 0. The fourth-order valence-corrected chi connectivity index (χ4v) is 7.60. The average Bonchev–Trinajstić information content (AvgIpc) is 3.34. The molecule has 0 spiro atoms. The molecule has 10 heteroatoms. The maximum absolute atomic E-state index is 12.7. The number of benzene rings is 1. The Hall–Kier alpha value is -2.56. The standard InChI is InChI=1S/C30H43N5O4S/c1-4-5-23-20-31-29(32-21-23)34-13-8-22(9-14-34)18-28-33-26-7-6-25(19-27(26)39-28)24-10-15-35(16-11-24)40(37,38)17-12-30(2,3)36/h6-7,19-22,24,36H,4-5,8-18H2,1-3H3. The van der Waals surface area contributed by atoms with Crippen LogP contribution in [0.3, 0.4) is 0 Å². The topological polar surface area (TPSA) is 113 Å². The molecule has 2 saturated heterocycles. The first-order valence-corrected chi connectivity index (χ1v) is 16.4. The van der Waals surface area contributed by atoms with Gasteiger partial charge < -0.3 is 14.4 Å². The second-order valence-electron chi connectivity index (χ2n) is 12.2. The van der Waals surface area contributed by atoms with Crippen LogP contribution in [0.5, 0.6) is 0 Å². The molecule has 9 nitrogen and oxygen atoms in total. The zero-order chi connectivity index (χ0) is 28.3. The van der Waals surface area contributed by atoms with E-state index in [0.29, 0.717) is 24.9 Å². The molecule has 1 aromatic carbocycles. The molecule has 218 valence electrons. The predicted molar refractivity (Wildman–Crippen MR) is 157 cm³/mol. The molecule has 2 aromatic heterocycles. The molecule has 0 amide bonds. The molecule has 0 unspecified atom stereocenters. The lowest BCUT2D eigenvalue weighted by Gasteiger charge is -2.32. The molecular weight excluding hydrogens is 526 g/mol. The van der Waals surface area contributed by atoms with Crippen LogP contribution in [0.15, 0.2) is 35.0 Å². The van der Waals surface area contributed by atoms with Gasteiger partial charge in [0.2, 0.25) is 16.0 Å². The van der Waals surface area contributed by atoms with Crippen molar-refractivity contribution >= 4 is 27.1 Å². The summed E-state index contributed by atoms with van der Waals surface area (Å²) in [5, 5.41) is 9.92. The molecule has 0 atom stereocenters. The SMILES string of the molecule is CCCc1cnc(N2CCC(Cc3nc4ccc(C5CCN(S(=O)(=O)CCC(C)(C)O)CC5)cc4o3)CC2)nc1. The zero-order valence-electron chi connectivity index (χ0n) is 24.1. The number of oxazole rings is 1. The number of rotatable bonds is 10. The van der Waals surface area contributed by atoms with Gasteiger partial charge in [0, 0.05) is 45.0 Å². The minimum Gasteiger partial charge on any atom is -0.441 e. The first-order valence-electron chi connectivity index (χ1n) is 14.7. The zero-order valence-corrected chi connectivity index (χ0v) is 24.9. The number of aryl methyl sites for hydroxylation is 1. The second kappa shape index (κ2) is 12.1. The Bertz CT molecular complexity index is 1370. The summed E-state index contributed by atoms with van der Waals surface area (Å²) in [5.74, 6) is 2.41. The van der Waals surface area contributed by atoms with Gasteiger partial charge in [-0.05, 0) is 87.5 Å². The number of aliphatic hydroxyl groups is 1. The lowest BCUT2D eigenvalue weighted by molar-refractivity contribution is 0.0768. The number of fused-ring (bicyclic) bond motifs is 1. The van der Waals surface area contributed by atoms with Crippen LogP contribution < -0.4 is 4.90 Å². The Kier molecular flexibility index (Phi) is 8.78. The molecule has 2 fully saturated rings. The summed E-state index contributed by atoms with van der Waals surface area (Å²) < 4.78 is 33.2. The highest BCUT2D eigenvalue weighted by molar-refractivity contribution is 7.89. The summed E-state index contributed by atoms with van der Waals surface area (Å²) in [6.45, 7) is 8.34. The van der Waals surface area contributed by atoms with Gasteiger partial charge in [-0.1, -0.05) is 19.4 Å². The lowest BCUT2D eigenvalue weighted by atomic mass is 9.90. The van der Waals surface area contributed by atoms with Gasteiger partial charge in [0.05, 0.1) is 11.4 Å². The molecule has 2 aliphatic rings. The van der Waals surface area contributed by atoms with Gasteiger partial charge in [-0.15, -0.1) is 0 Å². The molecule has 0 bridgehead atoms. The molecule has 3 aromatic rings. The van der Waals surface area contributed by atoms with Crippen molar-refractivity contribution in [2.75, 3.05) is 36.8 Å². The Labute approximate surface area is 238 Å². The third-order valence-corrected chi connectivity index (χ3v) is 10.2. The molecule has 0 radical (unpaired) electrons. The average molecular weight is 570 g/mol. The van der Waals surface area contributed by atoms with Crippen LogP contribution in [-0.2, 0) is 22.9 Å². The normalized spacial score (nSPS) is 18.6. The van der Waals surface area contributed by atoms with Gasteiger partial charge in [-0.3, -0.25) is 0 Å². The molecule has 1 N–H and O–H groups in total. The van der Waals surface area contributed by atoms with E-state index in [1.807, 2.05) is 18.5 Å². The highest BCUT2D eigenvalue weighted by Crippen LogP contribution is 2.32. The third kappa shape index (κ3) is 7.19. The van der Waals surface area contributed by atoms with Crippen molar-refractivity contribution in [1.29, 1.82) is 0 Å². The lowest BCUT2D eigenvalue weighted by Crippen LogP contribution is -2.40. The van der Waals surface area contributed by atoms with Gasteiger partial charge >= 0.3 is 0 Å². The quantitative estimate of drug-likeness (QED) is 0.374. The Balaban J connectivity index is 1.14. The first kappa shape index (κ1) is 29.0. The number of sulfonamides is 1. The van der Waals surface area contributed by atoms with E-state index in [0.717, 1.165) is 81.0 Å². The Morgan fingerprint density at radius 1 is 1.05 bits per heavy atom. The van der Waals surface area contributed by atoms with Crippen LogP contribution in [0, 0.1) is 5.92 Å². The summed E-state index contributed by atoms with van der Waals surface area (Å²) in [6, 6.07) is 6.24. The number of hydrogen-bond donors (Lipinski definition) is 1. The third-order valence-electron chi connectivity index (χ3n) is 8.34. The molecule has 0 aliphatic carbocycles. The summed E-state index contributed by atoms with van der Waals surface area (Å²) in [6.07, 6.45) is 10.8. The van der Waals surface area contributed by atoms with E-state index in [4.69, 9.17) is 9.40 Å². The summed E-state index contributed by atoms with van der Waals surface area (Å²) in [5.41, 5.74) is 3.08.